The second-order valence-electron chi connectivity index (χ2n) is 8.36. The third-order valence-electron chi connectivity index (χ3n) is 6.38. The molecule has 0 spiro atoms. The second kappa shape index (κ2) is 9.18. The van der Waals surface area contributed by atoms with Crippen molar-refractivity contribution < 1.29 is 23.6 Å². The number of nitro benzene ring substituents is 1. The van der Waals surface area contributed by atoms with Gasteiger partial charge >= 0.3 is 0 Å². The van der Waals surface area contributed by atoms with Gasteiger partial charge in [-0.15, -0.1) is 0 Å². The standard InChI is InChI=1S/C27H22N2O7/c1-34-21-12-7-16(15-22(21)35-2)13-14-28-24(17-8-10-18(11-9-17)29(32)33)23-25(30)19-5-3-4-6-20(19)36-26(23)27(28)31/h3-12,15,24H,13-14H2,1-2H3/t24-/m1/s1. The number of amides is 1. The van der Waals surface area contributed by atoms with Crippen LogP contribution in [0.2, 0.25) is 0 Å². The lowest BCUT2D eigenvalue weighted by atomic mass is 9.98. The smallest absolute Gasteiger partial charge is 0.290 e. The third-order valence-corrected chi connectivity index (χ3v) is 6.38. The minimum atomic E-state index is -0.741. The fourth-order valence-corrected chi connectivity index (χ4v) is 4.61. The SMILES string of the molecule is COc1ccc(CCN2C(=O)c3oc4ccccc4c(=O)c3[C@H]2c2ccc([N+](=O)[O-])cc2)cc1OC. The normalized spacial score (nSPS) is 14.7. The summed E-state index contributed by atoms with van der Waals surface area (Å²) >= 11 is 0. The monoisotopic (exact) mass is 486 g/mol. The maximum absolute atomic E-state index is 13.5. The molecule has 1 aliphatic heterocycles. The molecule has 0 radical (unpaired) electrons. The lowest BCUT2D eigenvalue weighted by Crippen LogP contribution is -2.31. The van der Waals surface area contributed by atoms with Gasteiger partial charge in [-0.2, -0.15) is 0 Å². The summed E-state index contributed by atoms with van der Waals surface area (Å²) in [4.78, 5) is 39.3. The van der Waals surface area contributed by atoms with Crippen LogP contribution in [0.3, 0.4) is 0 Å². The number of nitro groups is 1. The molecule has 4 aromatic rings. The molecule has 0 aliphatic carbocycles. The zero-order valence-corrected chi connectivity index (χ0v) is 19.6. The Kier molecular flexibility index (Phi) is 5.89. The molecular formula is C27H22N2O7. The number of benzene rings is 3. The van der Waals surface area contributed by atoms with Crippen molar-refractivity contribution in [1.82, 2.24) is 4.90 Å². The summed E-state index contributed by atoms with van der Waals surface area (Å²) in [5.74, 6) is 0.753. The number of carbonyl (C=O) groups is 1. The van der Waals surface area contributed by atoms with Gasteiger partial charge in [0.05, 0.1) is 36.1 Å². The van der Waals surface area contributed by atoms with Gasteiger partial charge in [0.25, 0.3) is 11.6 Å². The first-order valence-electron chi connectivity index (χ1n) is 11.2. The number of para-hydroxylation sites is 1. The molecule has 9 nitrogen and oxygen atoms in total. The maximum Gasteiger partial charge on any atom is 0.290 e. The van der Waals surface area contributed by atoms with E-state index in [9.17, 15) is 19.7 Å². The first kappa shape index (κ1) is 23.1. The largest absolute Gasteiger partial charge is 0.493 e. The van der Waals surface area contributed by atoms with E-state index in [1.54, 1.807) is 61.6 Å². The van der Waals surface area contributed by atoms with E-state index in [1.165, 1.54) is 12.1 Å². The second-order valence-corrected chi connectivity index (χ2v) is 8.36. The lowest BCUT2D eigenvalue weighted by Gasteiger charge is -2.25. The van der Waals surface area contributed by atoms with Crippen LogP contribution in [-0.4, -0.2) is 36.5 Å². The van der Waals surface area contributed by atoms with Gasteiger partial charge in [0, 0.05) is 18.7 Å². The highest BCUT2D eigenvalue weighted by atomic mass is 16.6. The van der Waals surface area contributed by atoms with Crippen LogP contribution in [0.5, 0.6) is 11.5 Å². The Morgan fingerprint density at radius 2 is 1.69 bits per heavy atom. The Bertz CT molecular complexity index is 1540. The Morgan fingerprint density at radius 3 is 2.39 bits per heavy atom. The fraction of sp³-hybridized carbons (Fsp3) is 0.185. The Morgan fingerprint density at radius 1 is 0.972 bits per heavy atom. The number of ether oxygens (including phenoxy) is 2. The first-order chi connectivity index (χ1) is 17.4. The summed E-state index contributed by atoms with van der Waals surface area (Å²) in [6, 6.07) is 17.4. The van der Waals surface area contributed by atoms with Crippen LogP contribution in [-0.2, 0) is 6.42 Å². The van der Waals surface area contributed by atoms with Crippen molar-refractivity contribution in [2.45, 2.75) is 12.5 Å². The van der Waals surface area contributed by atoms with Crippen molar-refractivity contribution in [2.24, 2.45) is 0 Å². The van der Waals surface area contributed by atoms with E-state index in [0.29, 0.717) is 34.5 Å². The molecule has 0 saturated heterocycles. The highest BCUT2D eigenvalue weighted by Crippen LogP contribution is 2.39. The average molecular weight is 486 g/mol. The van der Waals surface area contributed by atoms with Gasteiger partial charge < -0.3 is 18.8 Å². The zero-order valence-electron chi connectivity index (χ0n) is 19.6. The van der Waals surface area contributed by atoms with E-state index in [2.05, 4.69) is 0 Å². The minimum Gasteiger partial charge on any atom is -0.493 e. The third kappa shape index (κ3) is 3.84. The number of hydrogen-bond donors (Lipinski definition) is 0. The topological polar surface area (TPSA) is 112 Å². The van der Waals surface area contributed by atoms with Crippen molar-refractivity contribution in [3.63, 3.8) is 0 Å². The van der Waals surface area contributed by atoms with Gasteiger partial charge in [0.2, 0.25) is 5.76 Å². The van der Waals surface area contributed by atoms with E-state index < -0.39 is 16.9 Å². The summed E-state index contributed by atoms with van der Waals surface area (Å²) in [5.41, 5.74) is 1.69. The van der Waals surface area contributed by atoms with Crippen molar-refractivity contribution in [3.05, 3.63) is 110 Å². The molecule has 1 aliphatic rings. The Balaban J connectivity index is 1.58. The molecule has 2 heterocycles. The maximum atomic E-state index is 13.5. The Labute approximate surface area is 205 Å². The average Bonchev–Trinajstić information content (AvgIpc) is 3.18. The number of nitrogens with zero attached hydrogens (tertiary/aromatic N) is 2. The van der Waals surface area contributed by atoms with E-state index >= 15 is 0 Å². The molecule has 1 aromatic heterocycles. The van der Waals surface area contributed by atoms with Crippen LogP contribution in [0.15, 0.2) is 75.9 Å². The predicted octanol–water partition coefficient (Wildman–Crippen LogP) is 4.51. The van der Waals surface area contributed by atoms with Crippen LogP contribution in [0, 0.1) is 10.1 Å². The van der Waals surface area contributed by atoms with Crippen molar-refractivity contribution in [1.29, 1.82) is 0 Å². The van der Waals surface area contributed by atoms with E-state index in [-0.39, 0.29) is 29.0 Å². The minimum absolute atomic E-state index is 0.00522. The number of fused-ring (bicyclic) bond motifs is 2. The van der Waals surface area contributed by atoms with E-state index in [0.717, 1.165) is 5.56 Å². The van der Waals surface area contributed by atoms with Gasteiger partial charge in [-0.3, -0.25) is 19.7 Å². The summed E-state index contributed by atoms with van der Waals surface area (Å²) in [6.45, 7) is 0.274. The highest BCUT2D eigenvalue weighted by Gasteiger charge is 2.42. The molecule has 182 valence electrons. The summed E-state index contributed by atoms with van der Waals surface area (Å²) in [5, 5.41) is 11.5. The summed E-state index contributed by atoms with van der Waals surface area (Å²) < 4.78 is 16.6. The molecule has 0 unspecified atom stereocenters. The molecule has 1 amide bonds. The fourth-order valence-electron chi connectivity index (χ4n) is 4.61. The molecule has 0 saturated carbocycles. The van der Waals surface area contributed by atoms with Crippen molar-refractivity contribution in [3.8, 4) is 11.5 Å². The summed E-state index contributed by atoms with van der Waals surface area (Å²) in [7, 11) is 3.11. The van der Waals surface area contributed by atoms with Gasteiger partial charge in [-0.05, 0) is 53.9 Å². The number of rotatable bonds is 7. The Hall–Kier alpha value is -4.66. The molecular weight excluding hydrogens is 464 g/mol. The van der Waals surface area contributed by atoms with Crippen LogP contribution in [0.25, 0.3) is 11.0 Å². The number of hydrogen-bond acceptors (Lipinski definition) is 7. The van der Waals surface area contributed by atoms with Crippen LogP contribution in [0.4, 0.5) is 5.69 Å². The molecule has 1 atom stereocenters. The number of non-ortho nitro benzene ring substituents is 1. The van der Waals surface area contributed by atoms with E-state index in [1.807, 2.05) is 12.1 Å². The zero-order chi connectivity index (χ0) is 25.4. The lowest BCUT2D eigenvalue weighted by molar-refractivity contribution is -0.384. The quantitative estimate of drug-likeness (QED) is 0.279. The molecule has 36 heavy (non-hydrogen) atoms. The van der Waals surface area contributed by atoms with Gasteiger partial charge in [0.1, 0.15) is 5.58 Å². The summed E-state index contributed by atoms with van der Waals surface area (Å²) in [6.07, 6.45) is 0.470. The van der Waals surface area contributed by atoms with E-state index in [4.69, 9.17) is 13.9 Å². The molecule has 5 rings (SSSR count). The van der Waals surface area contributed by atoms with Crippen LogP contribution in [0.1, 0.15) is 33.3 Å². The van der Waals surface area contributed by atoms with Crippen molar-refractivity contribution >= 4 is 22.6 Å². The number of methoxy groups -OCH3 is 2. The molecule has 0 N–H and O–H groups in total. The molecule has 0 fully saturated rings. The van der Waals surface area contributed by atoms with Gasteiger partial charge in [-0.25, -0.2) is 0 Å². The van der Waals surface area contributed by atoms with Gasteiger partial charge in [0.15, 0.2) is 16.9 Å². The van der Waals surface area contributed by atoms with Crippen molar-refractivity contribution in [2.75, 3.05) is 20.8 Å². The molecule has 9 heteroatoms. The van der Waals surface area contributed by atoms with Crippen LogP contribution >= 0.6 is 0 Å². The molecule has 0 bridgehead atoms. The molecule has 3 aromatic carbocycles. The predicted molar refractivity (Wildman–Crippen MR) is 132 cm³/mol. The highest BCUT2D eigenvalue weighted by molar-refractivity contribution is 5.99. The number of carbonyl (C=O) groups excluding carboxylic acids is 1. The van der Waals surface area contributed by atoms with Crippen LogP contribution < -0.4 is 14.9 Å². The van der Waals surface area contributed by atoms with Gasteiger partial charge in [-0.1, -0.05) is 18.2 Å². The first-order valence-corrected chi connectivity index (χ1v) is 11.2.